The van der Waals surface area contributed by atoms with Crippen LogP contribution in [-0.2, 0) is 0 Å². The van der Waals surface area contributed by atoms with Crippen molar-refractivity contribution < 1.29 is 4.79 Å². The second kappa shape index (κ2) is 9.10. The molecule has 5 nitrogen and oxygen atoms in total. The van der Waals surface area contributed by atoms with Gasteiger partial charge in [0.2, 0.25) is 0 Å². The fourth-order valence-electron chi connectivity index (χ4n) is 4.32. The Kier molecular flexibility index (Phi) is 5.88. The summed E-state index contributed by atoms with van der Waals surface area (Å²) in [6.45, 7) is 3.98. The molecule has 162 valence electrons. The minimum Gasteiger partial charge on any atom is -0.375 e. The van der Waals surface area contributed by atoms with Gasteiger partial charge in [-0.25, -0.2) is 0 Å². The summed E-state index contributed by atoms with van der Waals surface area (Å²) in [5.41, 5.74) is 1.98. The van der Waals surface area contributed by atoms with E-state index in [0.29, 0.717) is 11.1 Å². The van der Waals surface area contributed by atoms with Crippen molar-refractivity contribution >= 4 is 32.3 Å². The summed E-state index contributed by atoms with van der Waals surface area (Å²) in [7, 11) is 0. The normalized spacial score (nSPS) is 14.1. The average molecular weight is 444 g/mol. The molecule has 1 N–H and O–H groups in total. The van der Waals surface area contributed by atoms with Gasteiger partial charge in [-0.05, 0) is 44.1 Å². The number of pyridine rings is 1. The van der Waals surface area contributed by atoms with Crippen LogP contribution in [0.1, 0.15) is 28.8 Å². The third-order valence-electron chi connectivity index (χ3n) is 5.93. The van der Waals surface area contributed by atoms with Crippen LogP contribution in [0.2, 0.25) is 0 Å². The van der Waals surface area contributed by atoms with Gasteiger partial charge in [-0.1, -0.05) is 59.9 Å². The summed E-state index contributed by atoms with van der Waals surface area (Å²) >= 11 is 1.48. The smallest absolute Gasteiger partial charge is 0.256 e. The van der Waals surface area contributed by atoms with Gasteiger partial charge in [0.05, 0.1) is 11.3 Å². The Morgan fingerprint density at radius 2 is 1.59 bits per heavy atom. The Hall–Kier alpha value is -3.22. The van der Waals surface area contributed by atoms with Crippen molar-refractivity contribution in [1.82, 2.24) is 9.47 Å². The maximum atomic E-state index is 13.6. The fraction of sp³-hybridized carbons (Fsp3) is 0.231. The number of hydrogen-bond donors (Lipinski definition) is 1. The lowest BCUT2D eigenvalue weighted by Crippen LogP contribution is -2.26. The van der Waals surface area contributed by atoms with Crippen LogP contribution in [-0.4, -0.2) is 41.4 Å². The Labute approximate surface area is 190 Å². The lowest BCUT2D eigenvalue weighted by molar-refractivity contribution is 0.104. The van der Waals surface area contributed by atoms with Crippen molar-refractivity contribution in [1.29, 1.82) is 0 Å². The number of carbonyl (C=O) groups excluding carboxylic acids is 1. The van der Waals surface area contributed by atoms with Gasteiger partial charge in [-0.3, -0.25) is 14.2 Å². The second-order valence-corrected chi connectivity index (χ2v) is 9.04. The highest BCUT2D eigenvalue weighted by Crippen LogP contribution is 2.37. The minimum absolute atomic E-state index is 0.0289. The second-order valence-electron chi connectivity index (χ2n) is 8.04. The Morgan fingerprint density at radius 1 is 0.906 bits per heavy atom. The molecule has 0 radical (unpaired) electrons. The molecule has 0 spiro atoms. The maximum Gasteiger partial charge on any atom is 0.256 e. The summed E-state index contributed by atoms with van der Waals surface area (Å²) in [6, 6.07) is 22.3. The van der Waals surface area contributed by atoms with E-state index in [-0.39, 0.29) is 11.3 Å². The fourth-order valence-corrected chi connectivity index (χ4v) is 5.56. The predicted octanol–water partition coefficient (Wildman–Crippen LogP) is 4.79. The predicted molar refractivity (Wildman–Crippen MR) is 131 cm³/mol. The molecule has 1 fully saturated rings. The molecule has 6 heteroatoms. The molecule has 1 saturated heterocycles. The van der Waals surface area contributed by atoms with Crippen LogP contribution >= 0.6 is 11.3 Å². The quantitative estimate of drug-likeness (QED) is 0.417. The molecule has 0 atom stereocenters. The average Bonchev–Trinajstić information content (AvgIpc) is 3.47. The molecule has 0 amide bonds. The summed E-state index contributed by atoms with van der Waals surface area (Å²) in [6.07, 6.45) is 2.51. The first-order chi connectivity index (χ1) is 15.7. The third kappa shape index (κ3) is 3.99. The van der Waals surface area contributed by atoms with E-state index in [2.05, 4.69) is 10.2 Å². The van der Waals surface area contributed by atoms with E-state index in [1.807, 2.05) is 60.7 Å². The van der Waals surface area contributed by atoms with Gasteiger partial charge in [-0.15, -0.1) is 0 Å². The molecule has 0 unspecified atom stereocenters. The van der Waals surface area contributed by atoms with Crippen LogP contribution in [0.15, 0.2) is 77.6 Å². The lowest BCUT2D eigenvalue weighted by atomic mass is 10.0. The van der Waals surface area contributed by atoms with Crippen LogP contribution < -0.4 is 10.9 Å². The number of aromatic nitrogens is 1. The van der Waals surface area contributed by atoms with Crippen LogP contribution in [0.3, 0.4) is 0 Å². The molecular formula is C26H25N3O2S. The zero-order chi connectivity index (χ0) is 21.9. The van der Waals surface area contributed by atoms with Crippen molar-refractivity contribution in [3.8, 4) is 5.69 Å². The van der Waals surface area contributed by atoms with E-state index in [9.17, 15) is 9.59 Å². The van der Waals surface area contributed by atoms with Crippen LogP contribution in [0.4, 0.5) is 5.00 Å². The van der Waals surface area contributed by atoms with E-state index in [4.69, 9.17) is 0 Å². The van der Waals surface area contributed by atoms with E-state index < -0.39 is 0 Å². The van der Waals surface area contributed by atoms with Crippen molar-refractivity contribution in [3.63, 3.8) is 0 Å². The number of rotatable bonds is 7. The SMILES string of the molecule is O=C(c1ccccc1)c1c(NCCN2CCCC2)sc2c1ccc(=O)n2-c1ccccc1. The molecule has 1 aliphatic rings. The Bertz CT molecular complexity index is 1290. The number of benzene rings is 2. The number of likely N-dealkylation sites (tertiary alicyclic amines) is 1. The number of nitrogens with zero attached hydrogens (tertiary/aromatic N) is 2. The van der Waals surface area contributed by atoms with E-state index in [1.165, 1.54) is 24.2 Å². The van der Waals surface area contributed by atoms with Crippen molar-refractivity contribution in [3.05, 3.63) is 94.3 Å². The molecule has 2 aromatic carbocycles. The molecular weight excluding hydrogens is 418 g/mol. The topological polar surface area (TPSA) is 54.3 Å². The number of hydrogen-bond acceptors (Lipinski definition) is 5. The van der Waals surface area contributed by atoms with Crippen LogP contribution in [0.25, 0.3) is 15.9 Å². The number of carbonyl (C=O) groups is 1. The highest BCUT2D eigenvalue weighted by molar-refractivity contribution is 7.23. The first-order valence-corrected chi connectivity index (χ1v) is 11.8. The van der Waals surface area contributed by atoms with Gasteiger partial charge in [0, 0.05) is 30.1 Å². The number of fused-ring (bicyclic) bond motifs is 1. The Balaban J connectivity index is 1.61. The van der Waals surface area contributed by atoms with Gasteiger partial charge >= 0.3 is 0 Å². The summed E-state index contributed by atoms with van der Waals surface area (Å²) in [4.78, 5) is 29.6. The van der Waals surface area contributed by atoms with Crippen LogP contribution in [0, 0.1) is 0 Å². The Morgan fingerprint density at radius 3 is 2.31 bits per heavy atom. The zero-order valence-electron chi connectivity index (χ0n) is 17.8. The highest BCUT2D eigenvalue weighted by atomic mass is 32.1. The molecule has 2 aromatic heterocycles. The van der Waals surface area contributed by atoms with Crippen molar-refractivity contribution in [2.24, 2.45) is 0 Å². The largest absolute Gasteiger partial charge is 0.375 e. The molecule has 0 bridgehead atoms. The number of nitrogens with one attached hydrogen (secondary N) is 1. The first-order valence-electron chi connectivity index (χ1n) is 11.0. The van der Waals surface area contributed by atoms with Gasteiger partial charge in [0.25, 0.3) is 5.56 Å². The molecule has 5 rings (SSSR count). The minimum atomic E-state index is -0.104. The summed E-state index contributed by atoms with van der Waals surface area (Å²) < 4.78 is 1.70. The summed E-state index contributed by atoms with van der Waals surface area (Å²) in [5, 5.41) is 5.14. The van der Waals surface area contributed by atoms with Crippen LogP contribution in [0.5, 0.6) is 0 Å². The standard InChI is InChI=1S/C26H25N3O2S/c30-22-14-13-21-23(24(31)19-9-3-1-4-10-19)25(27-15-18-28-16-7-8-17-28)32-26(21)29(22)20-11-5-2-6-12-20/h1-6,9-14,27H,7-8,15-18H2. The van der Waals surface area contributed by atoms with Gasteiger partial charge in [-0.2, -0.15) is 0 Å². The molecule has 0 saturated carbocycles. The monoisotopic (exact) mass is 443 g/mol. The van der Waals surface area contributed by atoms with E-state index in [0.717, 1.165) is 47.1 Å². The number of anilines is 1. The lowest BCUT2D eigenvalue weighted by Gasteiger charge is -2.15. The zero-order valence-corrected chi connectivity index (χ0v) is 18.6. The van der Waals surface area contributed by atoms with E-state index >= 15 is 0 Å². The number of thiophene rings is 1. The van der Waals surface area contributed by atoms with Crippen molar-refractivity contribution in [2.45, 2.75) is 12.8 Å². The van der Waals surface area contributed by atoms with Gasteiger partial charge < -0.3 is 10.2 Å². The van der Waals surface area contributed by atoms with Crippen molar-refractivity contribution in [2.75, 3.05) is 31.5 Å². The van der Waals surface area contributed by atoms with E-state index in [1.54, 1.807) is 16.7 Å². The van der Waals surface area contributed by atoms with Gasteiger partial charge in [0.15, 0.2) is 5.78 Å². The molecule has 1 aliphatic heterocycles. The maximum absolute atomic E-state index is 13.6. The third-order valence-corrected chi connectivity index (χ3v) is 7.08. The molecule has 32 heavy (non-hydrogen) atoms. The molecule has 0 aliphatic carbocycles. The number of para-hydroxylation sites is 1. The first kappa shape index (κ1) is 20.7. The summed E-state index contributed by atoms with van der Waals surface area (Å²) in [5.74, 6) is -0.0289. The molecule has 3 heterocycles. The van der Waals surface area contributed by atoms with Gasteiger partial charge in [0.1, 0.15) is 9.83 Å². The molecule has 4 aromatic rings. The highest BCUT2D eigenvalue weighted by Gasteiger charge is 2.23. The number of ketones is 1.